The van der Waals surface area contributed by atoms with Crippen LogP contribution in [0.1, 0.15) is 30.4 Å². The average Bonchev–Trinajstić information content (AvgIpc) is 2.41. The number of ether oxygens (including phenoxy) is 1. The van der Waals surface area contributed by atoms with E-state index in [-0.39, 0.29) is 23.8 Å². The smallest absolute Gasteiger partial charge is 0.416 e. The molecule has 0 aliphatic carbocycles. The Morgan fingerprint density at radius 3 is 2.65 bits per heavy atom. The average molecular weight is 289 g/mol. The van der Waals surface area contributed by atoms with Gasteiger partial charge in [-0.15, -0.1) is 0 Å². The largest absolute Gasteiger partial charge is 0.504 e. The number of phenolic OH excluding ortho intramolecular Hbond substituents is 1. The molecule has 0 amide bonds. The minimum absolute atomic E-state index is 0.0390. The number of alkyl halides is 3. The highest BCUT2D eigenvalue weighted by Gasteiger charge is 2.36. The van der Waals surface area contributed by atoms with Crippen molar-refractivity contribution in [2.24, 2.45) is 0 Å². The Morgan fingerprint density at radius 2 is 2.10 bits per heavy atom. The van der Waals surface area contributed by atoms with Crippen molar-refractivity contribution in [3.05, 3.63) is 23.3 Å². The third kappa shape index (κ3) is 3.17. The number of nitrogens with one attached hydrogen (secondary N) is 1. The fourth-order valence-electron chi connectivity index (χ4n) is 2.60. The summed E-state index contributed by atoms with van der Waals surface area (Å²) in [5.74, 6) is -0.335. The summed E-state index contributed by atoms with van der Waals surface area (Å²) in [7, 11) is 1.32. The van der Waals surface area contributed by atoms with E-state index in [1.807, 2.05) is 0 Å². The summed E-state index contributed by atoms with van der Waals surface area (Å²) in [6.45, 7) is 0.802. The standard InChI is InChI=1S/C14H18F3NO2/c1-20-12-6-5-11(14(15,16)17)10(13(12)19)8-9-4-2-3-7-18-9/h5-6,9,18-19H,2-4,7-8H2,1H3. The van der Waals surface area contributed by atoms with Crippen LogP contribution >= 0.6 is 0 Å². The minimum Gasteiger partial charge on any atom is -0.504 e. The summed E-state index contributed by atoms with van der Waals surface area (Å²) < 4.78 is 44.0. The maximum absolute atomic E-state index is 13.0. The molecule has 0 bridgehead atoms. The van der Waals surface area contributed by atoms with Gasteiger partial charge in [-0.25, -0.2) is 0 Å². The first-order valence-electron chi connectivity index (χ1n) is 6.63. The Balaban J connectivity index is 2.36. The fourth-order valence-corrected chi connectivity index (χ4v) is 2.60. The van der Waals surface area contributed by atoms with Crippen LogP contribution in [0.15, 0.2) is 12.1 Å². The zero-order valence-electron chi connectivity index (χ0n) is 11.3. The molecule has 1 aliphatic rings. The lowest BCUT2D eigenvalue weighted by atomic mass is 9.93. The van der Waals surface area contributed by atoms with E-state index < -0.39 is 17.5 Å². The maximum Gasteiger partial charge on any atom is 0.416 e. The second-order valence-electron chi connectivity index (χ2n) is 4.99. The van der Waals surface area contributed by atoms with Crippen LogP contribution in [0.3, 0.4) is 0 Å². The van der Waals surface area contributed by atoms with Gasteiger partial charge in [0.05, 0.1) is 12.7 Å². The molecule has 1 fully saturated rings. The molecule has 0 saturated carbocycles. The number of methoxy groups -OCH3 is 1. The van der Waals surface area contributed by atoms with Gasteiger partial charge in [-0.1, -0.05) is 6.42 Å². The maximum atomic E-state index is 13.0. The van der Waals surface area contributed by atoms with E-state index in [2.05, 4.69) is 5.32 Å². The van der Waals surface area contributed by atoms with E-state index in [4.69, 9.17) is 4.74 Å². The predicted octanol–water partition coefficient (Wildman–Crippen LogP) is 3.10. The molecule has 1 heterocycles. The molecule has 1 aromatic rings. The van der Waals surface area contributed by atoms with Crippen LogP contribution < -0.4 is 10.1 Å². The number of phenols is 1. The van der Waals surface area contributed by atoms with Crippen LogP contribution in [0, 0.1) is 0 Å². The summed E-state index contributed by atoms with van der Waals surface area (Å²) in [5.41, 5.74) is -0.876. The molecular weight excluding hydrogens is 271 g/mol. The first-order chi connectivity index (χ1) is 9.43. The van der Waals surface area contributed by atoms with E-state index in [0.717, 1.165) is 37.9 Å². The van der Waals surface area contributed by atoms with Gasteiger partial charge in [0, 0.05) is 11.6 Å². The highest BCUT2D eigenvalue weighted by Crippen LogP contribution is 2.41. The number of aromatic hydroxyl groups is 1. The summed E-state index contributed by atoms with van der Waals surface area (Å²) >= 11 is 0. The SMILES string of the molecule is COc1ccc(C(F)(F)F)c(CC2CCCCN2)c1O. The van der Waals surface area contributed by atoms with Crippen LogP contribution in [0.5, 0.6) is 11.5 Å². The topological polar surface area (TPSA) is 41.5 Å². The highest BCUT2D eigenvalue weighted by molar-refractivity contribution is 5.51. The molecule has 2 rings (SSSR count). The Morgan fingerprint density at radius 1 is 1.35 bits per heavy atom. The second kappa shape index (κ2) is 5.91. The lowest BCUT2D eigenvalue weighted by molar-refractivity contribution is -0.138. The molecule has 1 atom stereocenters. The zero-order valence-corrected chi connectivity index (χ0v) is 11.3. The summed E-state index contributed by atoms with van der Waals surface area (Å²) in [6.07, 6.45) is -1.49. The predicted molar refractivity (Wildman–Crippen MR) is 69.0 cm³/mol. The van der Waals surface area contributed by atoms with E-state index >= 15 is 0 Å². The van der Waals surface area contributed by atoms with Crippen molar-refractivity contribution < 1.29 is 23.0 Å². The summed E-state index contributed by atoms with van der Waals surface area (Å²) in [5, 5.41) is 13.2. The second-order valence-corrected chi connectivity index (χ2v) is 4.99. The van der Waals surface area contributed by atoms with Gasteiger partial charge < -0.3 is 15.2 Å². The Bertz CT molecular complexity index is 468. The van der Waals surface area contributed by atoms with Crippen LogP contribution in [0.2, 0.25) is 0 Å². The molecule has 1 aromatic carbocycles. The van der Waals surface area contributed by atoms with Gasteiger partial charge in [0.1, 0.15) is 0 Å². The Kier molecular flexibility index (Phi) is 4.42. The van der Waals surface area contributed by atoms with Crippen molar-refractivity contribution in [2.75, 3.05) is 13.7 Å². The molecular formula is C14H18F3NO2. The summed E-state index contributed by atoms with van der Waals surface area (Å²) in [6, 6.07) is 2.08. The van der Waals surface area contributed by atoms with Gasteiger partial charge >= 0.3 is 6.18 Å². The molecule has 0 radical (unpaired) electrons. The lowest BCUT2D eigenvalue weighted by Gasteiger charge is -2.25. The third-order valence-corrected chi connectivity index (χ3v) is 3.63. The molecule has 0 spiro atoms. The fraction of sp³-hybridized carbons (Fsp3) is 0.571. The van der Waals surface area contributed by atoms with Gasteiger partial charge in [0.15, 0.2) is 11.5 Å². The molecule has 1 unspecified atom stereocenters. The third-order valence-electron chi connectivity index (χ3n) is 3.63. The molecule has 2 N–H and O–H groups in total. The normalized spacial score (nSPS) is 19.9. The van der Waals surface area contributed by atoms with E-state index in [0.29, 0.717) is 0 Å². The van der Waals surface area contributed by atoms with Crippen molar-refractivity contribution in [3.63, 3.8) is 0 Å². The van der Waals surface area contributed by atoms with Crippen LogP contribution in [-0.2, 0) is 12.6 Å². The van der Waals surface area contributed by atoms with Crippen molar-refractivity contribution >= 4 is 0 Å². The van der Waals surface area contributed by atoms with Gasteiger partial charge in [0.25, 0.3) is 0 Å². The van der Waals surface area contributed by atoms with Crippen LogP contribution in [0.4, 0.5) is 13.2 Å². The Hall–Kier alpha value is -1.43. The molecule has 112 valence electrons. The molecule has 3 nitrogen and oxygen atoms in total. The van der Waals surface area contributed by atoms with Crippen molar-refractivity contribution in [2.45, 2.75) is 37.9 Å². The van der Waals surface area contributed by atoms with Gasteiger partial charge in [-0.3, -0.25) is 0 Å². The summed E-state index contributed by atoms with van der Waals surface area (Å²) in [4.78, 5) is 0. The Labute approximate surface area is 115 Å². The molecule has 6 heteroatoms. The van der Waals surface area contributed by atoms with Crippen LogP contribution in [-0.4, -0.2) is 24.8 Å². The molecule has 0 aromatic heterocycles. The molecule has 1 aliphatic heterocycles. The van der Waals surface area contributed by atoms with E-state index in [1.54, 1.807) is 0 Å². The number of hydrogen-bond donors (Lipinski definition) is 2. The van der Waals surface area contributed by atoms with Gasteiger partial charge in [0.2, 0.25) is 0 Å². The van der Waals surface area contributed by atoms with Gasteiger partial charge in [-0.2, -0.15) is 13.2 Å². The highest BCUT2D eigenvalue weighted by atomic mass is 19.4. The quantitative estimate of drug-likeness (QED) is 0.898. The number of piperidine rings is 1. The number of benzene rings is 1. The van der Waals surface area contributed by atoms with Crippen LogP contribution in [0.25, 0.3) is 0 Å². The number of rotatable bonds is 3. The first kappa shape index (κ1) is 15.0. The first-order valence-corrected chi connectivity index (χ1v) is 6.63. The molecule has 20 heavy (non-hydrogen) atoms. The lowest BCUT2D eigenvalue weighted by Crippen LogP contribution is -2.36. The number of halogens is 3. The van der Waals surface area contributed by atoms with Crippen molar-refractivity contribution in [1.82, 2.24) is 5.32 Å². The zero-order chi connectivity index (χ0) is 14.8. The van der Waals surface area contributed by atoms with E-state index in [9.17, 15) is 18.3 Å². The van der Waals surface area contributed by atoms with Gasteiger partial charge in [-0.05, 0) is 37.9 Å². The molecule has 1 saturated heterocycles. The van der Waals surface area contributed by atoms with Crippen molar-refractivity contribution in [1.29, 1.82) is 0 Å². The minimum atomic E-state index is -4.48. The van der Waals surface area contributed by atoms with Crippen molar-refractivity contribution in [3.8, 4) is 11.5 Å². The van der Waals surface area contributed by atoms with E-state index in [1.165, 1.54) is 7.11 Å². The monoisotopic (exact) mass is 289 g/mol. The number of hydrogen-bond acceptors (Lipinski definition) is 3.